The van der Waals surface area contributed by atoms with Gasteiger partial charge < -0.3 is 5.73 Å². The standard InChI is InChI=1S/C15H12ClN3O2/c16-11-5-6-13(17)18-12(11)8-19-14(20)7-9-3-1-2-4-10(9)15(19)21/h1-6H,7-8H2,(H2,17,18). The minimum absolute atomic E-state index is 0.0237. The van der Waals surface area contributed by atoms with Crippen LogP contribution < -0.4 is 5.73 Å². The van der Waals surface area contributed by atoms with Gasteiger partial charge in [-0.15, -0.1) is 0 Å². The molecule has 0 saturated heterocycles. The Balaban J connectivity index is 1.95. The highest BCUT2D eigenvalue weighted by Crippen LogP contribution is 2.23. The Morgan fingerprint density at radius 2 is 1.95 bits per heavy atom. The molecule has 0 atom stereocenters. The van der Waals surface area contributed by atoms with Crippen LogP contribution in [-0.2, 0) is 17.8 Å². The van der Waals surface area contributed by atoms with E-state index in [9.17, 15) is 9.59 Å². The van der Waals surface area contributed by atoms with Crippen LogP contribution >= 0.6 is 11.6 Å². The lowest BCUT2D eigenvalue weighted by molar-refractivity contribution is -0.128. The first-order valence-electron chi connectivity index (χ1n) is 6.40. The van der Waals surface area contributed by atoms with Crippen molar-refractivity contribution in [3.63, 3.8) is 0 Å². The van der Waals surface area contributed by atoms with Gasteiger partial charge >= 0.3 is 0 Å². The van der Waals surface area contributed by atoms with Crippen molar-refractivity contribution in [1.82, 2.24) is 9.88 Å². The summed E-state index contributed by atoms with van der Waals surface area (Å²) in [6.45, 7) is 0.0237. The number of carbonyl (C=O) groups is 2. The van der Waals surface area contributed by atoms with E-state index < -0.39 is 0 Å². The Morgan fingerprint density at radius 1 is 1.19 bits per heavy atom. The molecule has 0 aliphatic carbocycles. The Kier molecular flexibility index (Phi) is 3.35. The number of halogens is 1. The molecule has 2 heterocycles. The van der Waals surface area contributed by atoms with Gasteiger partial charge in [-0.1, -0.05) is 29.8 Å². The molecular formula is C15H12ClN3O2. The highest BCUT2D eigenvalue weighted by molar-refractivity contribution is 6.31. The first-order chi connectivity index (χ1) is 10.1. The van der Waals surface area contributed by atoms with Crippen molar-refractivity contribution >= 4 is 29.2 Å². The van der Waals surface area contributed by atoms with Crippen LogP contribution in [0.2, 0.25) is 5.02 Å². The number of amides is 2. The molecule has 5 nitrogen and oxygen atoms in total. The van der Waals surface area contributed by atoms with Crippen LogP contribution in [0.5, 0.6) is 0 Å². The zero-order valence-corrected chi connectivity index (χ0v) is 11.8. The molecule has 2 N–H and O–H groups in total. The Morgan fingerprint density at radius 3 is 2.76 bits per heavy atom. The minimum atomic E-state index is -0.331. The molecule has 1 aliphatic heterocycles. The molecule has 3 rings (SSSR count). The summed E-state index contributed by atoms with van der Waals surface area (Å²) in [4.78, 5) is 29.9. The Labute approximate surface area is 126 Å². The fraction of sp³-hybridized carbons (Fsp3) is 0.133. The first kappa shape index (κ1) is 13.6. The van der Waals surface area contributed by atoms with E-state index in [0.29, 0.717) is 22.1 Å². The molecule has 106 valence electrons. The van der Waals surface area contributed by atoms with Gasteiger partial charge in [0.15, 0.2) is 0 Å². The molecule has 21 heavy (non-hydrogen) atoms. The Hall–Kier alpha value is -2.40. The molecule has 1 aromatic heterocycles. The van der Waals surface area contributed by atoms with Gasteiger partial charge in [0.25, 0.3) is 5.91 Å². The maximum absolute atomic E-state index is 12.4. The molecule has 0 bridgehead atoms. The van der Waals surface area contributed by atoms with Crippen LogP contribution in [0.15, 0.2) is 36.4 Å². The van der Waals surface area contributed by atoms with Gasteiger partial charge in [0.1, 0.15) is 5.82 Å². The number of anilines is 1. The average molecular weight is 302 g/mol. The van der Waals surface area contributed by atoms with Gasteiger partial charge in [-0.25, -0.2) is 4.98 Å². The van der Waals surface area contributed by atoms with E-state index in [-0.39, 0.29) is 24.8 Å². The van der Waals surface area contributed by atoms with Crippen molar-refractivity contribution in [2.24, 2.45) is 0 Å². The summed E-state index contributed by atoms with van der Waals surface area (Å²) in [6.07, 6.45) is 0.196. The number of carbonyl (C=O) groups excluding carboxylic acids is 2. The third kappa shape index (κ3) is 2.48. The van der Waals surface area contributed by atoms with E-state index in [1.807, 2.05) is 6.07 Å². The SMILES string of the molecule is Nc1ccc(Cl)c(CN2C(=O)Cc3ccccc3C2=O)n1. The summed E-state index contributed by atoms with van der Waals surface area (Å²) in [5, 5.41) is 0.378. The molecule has 2 amide bonds. The normalized spacial score (nSPS) is 14.2. The third-order valence-electron chi connectivity index (χ3n) is 3.38. The number of hydrogen-bond donors (Lipinski definition) is 1. The van der Waals surface area contributed by atoms with E-state index in [0.717, 1.165) is 10.5 Å². The van der Waals surface area contributed by atoms with Crippen LogP contribution in [-0.4, -0.2) is 21.7 Å². The number of imide groups is 1. The number of rotatable bonds is 2. The lowest BCUT2D eigenvalue weighted by Gasteiger charge is -2.26. The van der Waals surface area contributed by atoms with Gasteiger partial charge in [-0.05, 0) is 23.8 Å². The lowest BCUT2D eigenvalue weighted by Crippen LogP contribution is -2.41. The van der Waals surface area contributed by atoms with Crippen LogP contribution in [0.4, 0.5) is 5.82 Å². The largest absolute Gasteiger partial charge is 0.384 e. The zero-order chi connectivity index (χ0) is 15.0. The maximum Gasteiger partial charge on any atom is 0.261 e. The zero-order valence-electron chi connectivity index (χ0n) is 11.0. The fourth-order valence-electron chi connectivity index (χ4n) is 2.32. The van der Waals surface area contributed by atoms with Crippen LogP contribution in [0.25, 0.3) is 0 Å². The summed E-state index contributed by atoms with van der Waals surface area (Å²) < 4.78 is 0. The number of hydrogen-bond acceptors (Lipinski definition) is 4. The van der Waals surface area contributed by atoms with Gasteiger partial charge in [0, 0.05) is 5.56 Å². The molecular weight excluding hydrogens is 290 g/mol. The van der Waals surface area contributed by atoms with E-state index in [1.54, 1.807) is 30.3 Å². The summed E-state index contributed by atoms with van der Waals surface area (Å²) in [5.74, 6) is -0.298. The number of fused-ring (bicyclic) bond motifs is 1. The second-order valence-corrected chi connectivity index (χ2v) is 5.19. The molecule has 0 spiro atoms. The Bertz CT molecular complexity index is 745. The van der Waals surface area contributed by atoms with Crippen molar-refractivity contribution < 1.29 is 9.59 Å². The number of nitrogen functional groups attached to an aromatic ring is 1. The number of nitrogens with two attached hydrogens (primary N) is 1. The van der Waals surface area contributed by atoms with Gasteiger partial charge in [-0.3, -0.25) is 14.5 Å². The molecule has 1 aromatic carbocycles. The molecule has 0 fully saturated rings. The van der Waals surface area contributed by atoms with Crippen LogP contribution in [0, 0.1) is 0 Å². The molecule has 0 unspecified atom stereocenters. The number of aromatic nitrogens is 1. The third-order valence-corrected chi connectivity index (χ3v) is 3.73. The molecule has 0 radical (unpaired) electrons. The highest BCUT2D eigenvalue weighted by atomic mass is 35.5. The smallest absolute Gasteiger partial charge is 0.261 e. The molecule has 2 aromatic rings. The van der Waals surface area contributed by atoms with Crippen molar-refractivity contribution in [1.29, 1.82) is 0 Å². The van der Waals surface area contributed by atoms with Crippen molar-refractivity contribution in [3.8, 4) is 0 Å². The summed E-state index contributed by atoms with van der Waals surface area (Å²) in [7, 11) is 0. The van der Waals surface area contributed by atoms with Crippen molar-refractivity contribution in [3.05, 3.63) is 58.2 Å². The topological polar surface area (TPSA) is 76.3 Å². The predicted molar refractivity (Wildman–Crippen MR) is 78.7 cm³/mol. The monoisotopic (exact) mass is 301 g/mol. The maximum atomic E-state index is 12.4. The van der Waals surface area contributed by atoms with Crippen molar-refractivity contribution in [2.45, 2.75) is 13.0 Å². The summed E-state index contributed by atoms with van der Waals surface area (Å²) >= 11 is 6.04. The number of pyridine rings is 1. The first-order valence-corrected chi connectivity index (χ1v) is 6.77. The second kappa shape index (κ2) is 5.18. The van der Waals surface area contributed by atoms with Crippen LogP contribution in [0.3, 0.4) is 0 Å². The predicted octanol–water partition coefficient (Wildman–Crippen LogP) is 2.04. The van der Waals surface area contributed by atoms with Gasteiger partial charge in [-0.2, -0.15) is 0 Å². The number of nitrogens with zero attached hydrogens (tertiary/aromatic N) is 2. The molecule has 6 heteroatoms. The second-order valence-electron chi connectivity index (χ2n) is 4.78. The van der Waals surface area contributed by atoms with Crippen LogP contribution in [0.1, 0.15) is 21.6 Å². The molecule has 0 saturated carbocycles. The molecule has 1 aliphatic rings. The number of benzene rings is 1. The van der Waals surface area contributed by atoms with Gasteiger partial charge in [0.05, 0.1) is 23.7 Å². The quantitative estimate of drug-likeness (QED) is 0.861. The van der Waals surface area contributed by atoms with Gasteiger partial charge in [0.2, 0.25) is 5.91 Å². The van der Waals surface area contributed by atoms with E-state index in [2.05, 4.69) is 4.98 Å². The lowest BCUT2D eigenvalue weighted by atomic mass is 9.98. The fourth-order valence-corrected chi connectivity index (χ4v) is 2.49. The highest BCUT2D eigenvalue weighted by Gasteiger charge is 2.31. The summed E-state index contributed by atoms with van der Waals surface area (Å²) in [6, 6.07) is 10.3. The van der Waals surface area contributed by atoms with E-state index in [4.69, 9.17) is 17.3 Å². The van der Waals surface area contributed by atoms with Crippen molar-refractivity contribution in [2.75, 3.05) is 5.73 Å². The van der Waals surface area contributed by atoms with E-state index >= 15 is 0 Å². The van der Waals surface area contributed by atoms with E-state index in [1.165, 1.54) is 0 Å². The average Bonchev–Trinajstić information content (AvgIpc) is 2.47. The summed E-state index contributed by atoms with van der Waals surface area (Å²) in [5.41, 5.74) is 7.32. The minimum Gasteiger partial charge on any atom is -0.384 e.